The highest BCUT2D eigenvalue weighted by Crippen LogP contribution is 2.44. The molecule has 166 valence electrons. The number of fused-ring (bicyclic) bond motifs is 1. The largest absolute Gasteiger partial charge is 0.504 e. The van der Waals surface area contributed by atoms with Gasteiger partial charge in [-0.15, -0.1) is 0 Å². The maximum Gasteiger partial charge on any atom is 0.328 e. The van der Waals surface area contributed by atoms with Gasteiger partial charge in [-0.05, 0) is 31.7 Å². The molecule has 2 heterocycles. The van der Waals surface area contributed by atoms with Crippen LogP contribution in [0.5, 0.6) is 0 Å². The molecule has 2 aliphatic carbocycles. The zero-order chi connectivity index (χ0) is 21.7. The second-order valence-corrected chi connectivity index (χ2v) is 8.74. The fourth-order valence-corrected chi connectivity index (χ4v) is 5.06. The number of aromatic amines is 1. The minimum absolute atomic E-state index is 0.0743. The Morgan fingerprint density at radius 3 is 2.50 bits per heavy atom. The van der Waals surface area contributed by atoms with E-state index in [1.54, 1.807) is 11.8 Å². The number of nitrogens with one attached hydrogen (secondary N) is 1. The first kappa shape index (κ1) is 21.2. The van der Waals surface area contributed by atoms with Crippen molar-refractivity contribution in [1.82, 2.24) is 14.5 Å². The van der Waals surface area contributed by atoms with Crippen LogP contribution < -0.4 is 17.0 Å². The molecular formula is C20H27F3N4O3. The van der Waals surface area contributed by atoms with Crippen LogP contribution in [0.3, 0.4) is 0 Å². The zero-order valence-corrected chi connectivity index (χ0v) is 16.8. The van der Waals surface area contributed by atoms with Gasteiger partial charge in [0.1, 0.15) is 5.56 Å². The van der Waals surface area contributed by atoms with Gasteiger partial charge in [-0.3, -0.25) is 28.0 Å². The van der Waals surface area contributed by atoms with E-state index in [0.717, 1.165) is 12.8 Å². The molecule has 30 heavy (non-hydrogen) atoms. The Morgan fingerprint density at radius 1 is 1.23 bits per heavy atom. The third-order valence-corrected chi connectivity index (χ3v) is 6.86. The number of H-pyrrole nitrogens is 1. The van der Waals surface area contributed by atoms with Crippen molar-refractivity contribution in [2.45, 2.75) is 50.2 Å². The number of halogens is 3. The molecule has 4 rings (SSSR count). The molecule has 0 spiro atoms. The second kappa shape index (κ2) is 7.88. The molecule has 1 aromatic rings. The van der Waals surface area contributed by atoms with Gasteiger partial charge in [0.05, 0.1) is 19.4 Å². The number of rotatable bonds is 6. The number of hydrogen-bond donors (Lipinski definition) is 3. The first-order chi connectivity index (χ1) is 14.3. The SMILES string of the molecule is CC1c2c(c(=O)[nH]c(=O)n2C2CC2)C(O)=C(F)C1N1CCC(C(N)C(CF)CF)C1. The first-order valence-electron chi connectivity index (χ1n) is 10.4. The third-order valence-electron chi connectivity index (χ3n) is 6.86. The highest BCUT2D eigenvalue weighted by atomic mass is 19.1. The van der Waals surface area contributed by atoms with Crippen LogP contribution in [0, 0.1) is 11.8 Å². The van der Waals surface area contributed by atoms with E-state index >= 15 is 4.39 Å². The van der Waals surface area contributed by atoms with E-state index in [4.69, 9.17) is 5.73 Å². The van der Waals surface area contributed by atoms with Crippen LogP contribution in [0.15, 0.2) is 15.4 Å². The van der Waals surface area contributed by atoms with Crippen LogP contribution in [0.25, 0.3) is 5.76 Å². The van der Waals surface area contributed by atoms with Crippen LogP contribution in [0.2, 0.25) is 0 Å². The summed E-state index contributed by atoms with van der Waals surface area (Å²) >= 11 is 0. The molecule has 4 N–H and O–H groups in total. The Kier molecular flexibility index (Phi) is 5.56. The molecule has 0 bridgehead atoms. The molecule has 0 radical (unpaired) electrons. The third kappa shape index (κ3) is 3.30. The lowest BCUT2D eigenvalue weighted by Crippen LogP contribution is -2.47. The van der Waals surface area contributed by atoms with E-state index in [9.17, 15) is 23.5 Å². The topological polar surface area (TPSA) is 104 Å². The summed E-state index contributed by atoms with van der Waals surface area (Å²) in [5.41, 5.74) is 4.86. The molecule has 0 aromatic carbocycles. The Hall–Kier alpha value is -2.07. The van der Waals surface area contributed by atoms with Crippen molar-refractivity contribution in [1.29, 1.82) is 0 Å². The maximum absolute atomic E-state index is 15.3. The minimum atomic E-state index is -0.896. The lowest BCUT2D eigenvalue weighted by Gasteiger charge is -2.37. The van der Waals surface area contributed by atoms with Gasteiger partial charge in [-0.25, -0.2) is 9.18 Å². The Labute approximate surface area is 171 Å². The number of aliphatic hydroxyl groups excluding tert-OH is 1. The van der Waals surface area contributed by atoms with Gasteiger partial charge in [0.15, 0.2) is 11.6 Å². The number of aromatic nitrogens is 2. The molecular weight excluding hydrogens is 401 g/mol. The normalized spacial score (nSPS) is 28.3. The molecule has 4 unspecified atom stereocenters. The number of nitrogens with two attached hydrogens (primary N) is 1. The van der Waals surface area contributed by atoms with E-state index in [0.29, 0.717) is 25.2 Å². The number of aliphatic hydroxyl groups is 1. The van der Waals surface area contributed by atoms with E-state index in [1.165, 1.54) is 4.57 Å². The van der Waals surface area contributed by atoms with Crippen molar-refractivity contribution in [3.05, 3.63) is 37.9 Å². The Bertz CT molecular complexity index is 967. The van der Waals surface area contributed by atoms with Crippen LogP contribution in [-0.2, 0) is 0 Å². The predicted octanol–water partition coefficient (Wildman–Crippen LogP) is 1.76. The van der Waals surface area contributed by atoms with Crippen molar-refractivity contribution in [3.63, 3.8) is 0 Å². The van der Waals surface area contributed by atoms with Gasteiger partial charge >= 0.3 is 5.69 Å². The molecule has 1 aliphatic heterocycles. The van der Waals surface area contributed by atoms with Crippen molar-refractivity contribution in [2.75, 3.05) is 26.4 Å². The molecule has 10 heteroatoms. The zero-order valence-electron chi connectivity index (χ0n) is 16.8. The van der Waals surface area contributed by atoms with E-state index < -0.39 is 60.1 Å². The monoisotopic (exact) mass is 428 g/mol. The van der Waals surface area contributed by atoms with Gasteiger partial charge in [-0.2, -0.15) is 0 Å². The van der Waals surface area contributed by atoms with E-state index in [2.05, 4.69) is 4.98 Å². The summed E-state index contributed by atoms with van der Waals surface area (Å²) in [6.07, 6.45) is 2.10. The average Bonchev–Trinajstić information content (AvgIpc) is 3.43. The second-order valence-electron chi connectivity index (χ2n) is 8.74. The highest BCUT2D eigenvalue weighted by Gasteiger charge is 2.45. The Morgan fingerprint density at radius 2 is 1.90 bits per heavy atom. The molecule has 3 aliphatic rings. The van der Waals surface area contributed by atoms with Crippen molar-refractivity contribution >= 4 is 5.76 Å². The Balaban J connectivity index is 1.69. The quantitative estimate of drug-likeness (QED) is 0.641. The fraction of sp³-hybridized carbons (Fsp3) is 0.700. The summed E-state index contributed by atoms with van der Waals surface area (Å²) in [5.74, 6) is -3.26. The molecule has 1 saturated carbocycles. The number of nitrogens with zero attached hydrogens (tertiary/aromatic N) is 2. The highest BCUT2D eigenvalue weighted by molar-refractivity contribution is 5.66. The number of hydrogen-bond acceptors (Lipinski definition) is 5. The van der Waals surface area contributed by atoms with Crippen LogP contribution in [0.4, 0.5) is 13.2 Å². The van der Waals surface area contributed by atoms with Gasteiger partial charge in [-0.1, -0.05) is 6.92 Å². The van der Waals surface area contributed by atoms with E-state index in [1.807, 2.05) is 0 Å². The minimum Gasteiger partial charge on any atom is -0.504 e. The summed E-state index contributed by atoms with van der Waals surface area (Å²) in [5, 5.41) is 10.5. The lowest BCUT2D eigenvalue weighted by atomic mass is 9.85. The van der Waals surface area contributed by atoms with Crippen molar-refractivity contribution < 1.29 is 18.3 Å². The van der Waals surface area contributed by atoms with Gasteiger partial charge in [0.2, 0.25) is 0 Å². The smallest absolute Gasteiger partial charge is 0.328 e. The summed E-state index contributed by atoms with van der Waals surface area (Å²) in [6, 6.07) is -1.64. The summed E-state index contributed by atoms with van der Waals surface area (Å²) in [6.45, 7) is 0.775. The average molecular weight is 428 g/mol. The van der Waals surface area contributed by atoms with Crippen LogP contribution >= 0.6 is 0 Å². The van der Waals surface area contributed by atoms with Crippen LogP contribution in [-0.4, -0.2) is 58.1 Å². The number of alkyl halides is 2. The van der Waals surface area contributed by atoms with E-state index in [-0.39, 0.29) is 17.5 Å². The predicted molar refractivity (Wildman–Crippen MR) is 106 cm³/mol. The maximum atomic E-state index is 15.3. The fourth-order valence-electron chi connectivity index (χ4n) is 5.06. The van der Waals surface area contributed by atoms with Crippen LogP contribution in [0.1, 0.15) is 49.4 Å². The van der Waals surface area contributed by atoms with Gasteiger partial charge < -0.3 is 10.8 Å². The summed E-state index contributed by atoms with van der Waals surface area (Å²) in [4.78, 5) is 28.8. The lowest BCUT2D eigenvalue weighted by molar-refractivity contribution is 0.177. The molecule has 1 saturated heterocycles. The molecule has 4 atom stereocenters. The summed E-state index contributed by atoms with van der Waals surface area (Å²) in [7, 11) is 0. The van der Waals surface area contributed by atoms with Crippen molar-refractivity contribution in [3.8, 4) is 0 Å². The van der Waals surface area contributed by atoms with Gasteiger partial charge in [0.25, 0.3) is 5.56 Å². The molecule has 2 fully saturated rings. The molecule has 0 amide bonds. The standard InChI is InChI=1S/C20H27F3N4O3/c1-9-16-13(19(29)25-20(30)27(16)12-2-3-12)18(28)14(23)17(9)26-5-4-10(8-26)15(24)11(6-21)7-22/h9-12,15,17,28H,2-8,24H2,1H3,(H,25,29,30). The molecule has 7 nitrogen and oxygen atoms in total. The summed E-state index contributed by atoms with van der Waals surface area (Å²) < 4.78 is 42.9. The van der Waals surface area contributed by atoms with Gasteiger partial charge in [0, 0.05) is 36.2 Å². The van der Waals surface area contributed by atoms with Crippen molar-refractivity contribution in [2.24, 2.45) is 17.6 Å². The molecule has 1 aromatic heterocycles. The first-order valence-corrected chi connectivity index (χ1v) is 10.4. The number of likely N-dealkylation sites (tertiary alicyclic amines) is 1.